The molecule has 0 N–H and O–H groups in total. The van der Waals surface area contributed by atoms with Gasteiger partial charge in [-0.2, -0.15) is 5.10 Å². The van der Waals surface area contributed by atoms with E-state index < -0.39 is 8.07 Å². The number of carbonyl (C=O) groups is 1. The van der Waals surface area contributed by atoms with E-state index in [0.29, 0.717) is 22.2 Å². The van der Waals surface area contributed by atoms with Crippen molar-refractivity contribution in [3.63, 3.8) is 0 Å². The van der Waals surface area contributed by atoms with Crippen molar-refractivity contribution < 1.29 is 9.53 Å². The molecule has 0 fully saturated rings. The van der Waals surface area contributed by atoms with Crippen LogP contribution in [0.3, 0.4) is 0 Å². The third-order valence-corrected chi connectivity index (χ3v) is 12.4. The van der Waals surface area contributed by atoms with Gasteiger partial charge in [-0.25, -0.2) is 9.31 Å². The molecule has 0 aliphatic rings. The van der Waals surface area contributed by atoms with Crippen molar-refractivity contribution >= 4 is 42.2 Å². The Labute approximate surface area is 170 Å². The highest BCUT2D eigenvalue weighted by Crippen LogP contribution is 2.41. The fraction of sp³-hybridized carbons (Fsp3) is 0.500. The molecule has 0 aliphatic heterocycles. The molecule has 0 saturated heterocycles. The van der Waals surface area contributed by atoms with Crippen molar-refractivity contribution in [2.45, 2.75) is 58.2 Å². The molecule has 140 valence electrons. The van der Waals surface area contributed by atoms with Crippen LogP contribution in [-0.2, 0) is 4.74 Å². The van der Waals surface area contributed by atoms with Gasteiger partial charge in [-0.1, -0.05) is 47.5 Å². The second kappa shape index (κ2) is 8.13. The number of methoxy groups -OCH3 is 1. The summed E-state index contributed by atoms with van der Waals surface area (Å²) in [6.45, 7) is 13.7. The van der Waals surface area contributed by atoms with Gasteiger partial charge in [-0.3, -0.25) is 0 Å². The predicted molar refractivity (Wildman–Crippen MR) is 117 cm³/mol. The molecule has 0 amide bonds. The predicted octanol–water partition coefficient (Wildman–Crippen LogP) is 5.30. The molecular formula is C20H27IN2O2Si. The average molecular weight is 482 g/mol. The van der Waals surface area contributed by atoms with Crippen LogP contribution in [0.4, 0.5) is 0 Å². The Balaban J connectivity index is 2.80. The first-order valence-corrected chi connectivity index (χ1v) is 12.2. The molecule has 0 unspecified atom stereocenters. The molecular weight excluding hydrogens is 455 g/mol. The number of aromatic nitrogens is 2. The number of ether oxygens (including phenoxy) is 1. The van der Waals surface area contributed by atoms with Gasteiger partial charge in [0.1, 0.15) is 8.07 Å². The van der Waals surface area contributed by atoms with Crippen LogP contribution in [0.15, 0.2) is 18.5 Å². The SMILES string of the molecule is COC(=O)c1ccn2ncc(I)c2c1C#C[Si](C(C)C)(C(C)C)C(C)C. The van der Waals surface area contributed by atoms with Crippen LogP contribution in [0.25, 0.3) is 5.52 Å². The number of carbonyl (C=O) groups excluding carboxylic acids is 1. The largest absolute Gasteiger partial charge is 0.465 e. The molecule has 0 radical (unpaired) electrons. The van der Waals surface area contributed by atoms with E-state index in [1.807, 2.05) is 0 Å². The van der Waals surface area contributed by atoms with Gasteiger partial charge in [-0.15, -0.1) is 5.54 Å². The van der Waals surface area contributed by atoms with E-state index in [1.54, 1.807) is 23.0 Å². The van der Waals surface area contributed by atoms with Crippen molar-refractivity contribution in [2.24, 2.45) is 0 Å². The maximum absolute atomic E-state index is 12.3. The van der Waals surface area contributed by atoms with Crippen molar-refractivity contribution in [1.82, 2.24) is 9.61 Å². The van der Waals surface area contributed by atoms with Crippen molar-refractivity contribution in [3.05, 3.63) is 33.2 Å². The molecule has 2 aromatic heterocycles. The van der Waals surface area contributed by atoms with Crippen molar-refractivity contribution in [2.75, 3.05) is 7.11 Å². The van der Waals surface area contributed by atoms with Crippen LogP contribution < -0.4 is 0 Å². The first-order chi connectivity index (χ1) is 12.2. The second-order valence-electron chi connectivity index (χ2n) is 7.53. The molecule has 2 rings (SSSR count). The van der Waals surface area contributed by atoms with Crippen molar-refractivity contribution in [3.8, 4) is 11.5 Å². The summed E-state index contributed by atoms with van der Waals surface area (Å²) in [5.74, 6) is 3.07. The number of esters is 1. The summed E-state index contributed by atoms with van der Waals surface area (Å²) < 4.78 is 7.74. The Kier molecular flexibility index (Phi) is 6.56. The quantitative estimate of drug-likeness (QED) is 0.257. The second-order valence-corrected chi connectivity index (χ2v) is 14.3. The standard InChI is InChI=1S/C20H27IN2O2Si/c1-13(2)26(14(3)4,15(5)6)11-9-16-17(20(24)25-7)8-10-23-19(16)18(21)12-22-23/h8,10,12-15H,1-7H3. The van der Waals surface area contributed by atoms with E-state index in [4.69, 9.17) is 4.74 Å². The number of fused-ring (bicyclic) bond motifs is 1. The van der Waals surface area contributed by atoms with Crippen LogP contribution in [-0.4, -0.2) is 30.8 Å². The summed E-state index contributed by atoms with van der Waals surface area (Å²) in [4.78, 5) is 12.3. The molecule has 0 spiro atoms. The Morgan fingerprint density at radius 3 is 2.27 bits per heavy atom. The molecule has 6 heteroatoms. The van der Waals surface area contributed by atoms with Crippen LogP contribution in [0.1, 0.15) is 57.5 Å². The van der Waals surface area contributed by atoms with E-state index in [1.165, 1.54) is 7.11 Å². The molecule has 0 bridgehead atoms. The molecule has 4 nitrogen and oxygen atoms in total. The molecule has 26 heavy (non-hydrogen) atoms. The summed E-state index contributed by atoms with van der Waals surface area (Å²) in [6.07, 6.45) is 3.58. The first-order valence-electron chi connectivity index (χ1n) is 8.94. The Morgan fingerprint density at radius 1 is 1.19 bits per heavy atom. The van der Waals surface area contributed by atoms with E-state index >= 15 is 0 Å². The van der Waals surface area contributed by atoms with E-state index in [0.717, 1.165) is 14.7 Å². The molecule has 2 aromatic rings. The van der Waals surface area contributed by atoms with Gasteiger partial charge >= 0.3 is 5.97 Å². The normalized spacial score (nSPS) is 12.0. The van der Waals surface area contributed by atoms with Crippen molar-refractivity contribution in [1.29, 1.82) is 0 Å². The lowest BCUT2D eigenvalue weighted by Crippen LogP contribution is -2.43. The third kappa shape index (κ3) is 3.56. The highest BCUT2D eigenvalue weighted by atomic mass is 127. The molecule has 2 heterocycles. The topological polar surface area (TPSA) is 43.6 Å². The zero-order chi connectivity index (χ0) is 19.6. The lowest BCUT2D eigenvalue weighted by molar-refractivity contribution is 0.0600. The number of pyridine rings is 1. The lowest BCUT2D eigenvalue weighted by atomic mass is 10.1. The van der Waals surface area contributed by atoms with E-state index in [2.05, 4.69) is 80.7 Å². The van der Waals surface area contributed by atoms with E-state index in [9.17, 15) is 4.79 Å². The van der Waals surface area contributed by atoms with Gasteiger partial charge in [0.2, 0.25) is 0 Å². The van der Waals surface area contributed by atoms with Gasteiger partial charge in [0, 0.05) is 6.20 Å². The third-order valence-electron chi connectivity index (χ3n) is 5.31. The Morgan fingerprint density at radius 2 is 1.77 bits per heavy atom. The van der Waals surface area contributed by atoms with Gasteiger partial charge < -0.3 is 4.74 Å². The highest BCUT2D eigenvalue weighted by Gasteiger charge is 2.41. The number of rotatable bonds is 4. The minimum absolute atomic E-state index is 0.361. The van der Waals surface area contributed by atoms with E-state index in [-0.39, 0.29) is 5.97 Å². The molecule has 0 aliphatic carbocycles. The molecule has 0 aromatic carbocycles. The summed E-state index contributed by atoms with van der Waals surface area (Å²) in [5, 5.41) is 4.36. The Bertz CT molecular complexity index is 853. The fourth-order valence-corrected chi connectivity index (χ4v) is 9.90. The molecule has 0 atom stereocenters. The van der Waals surface area contributed by atoms with Crippen LogP contribution in [0.2, 0.25) is 16.6 Å². The fourth-order valence-electron chi connectivity index (χ4n) is 4.05. The summed E-state index contributed by atoms with van der Waals surface area (Å²) in [5.41, 5.74) is 7.40. The smallest absolute Gasteiger partial charge is 0.339 e. The zero-order valence-corrected chi connectivity index (χ0v) is 19.7. The number of halogens is 1. The number of hydrogen-bond donors (Lipinski definition) is 0. The maximum Gasteiger partial charge on any atom is 0.339 e. The lowest BCUT2D eigenvalue weighted by Gasteiger charge is -2.38. The van der Waals surface area contributed by atoms with Gasteiger partial charge in [0.15, 0.2) is 0 Å². The van der Waals surface area contributed by atoms with Crippen LogP contribution in [0, 0.1) is 15.0 Å². The number of hydrogen-bond acceptors (Lipinski definition) is 3. The highest BCUT2D eigenvalue weighted by molar-refractivity contribution is 14.1. The average Bonchev–Trinajstić information content (AvgIpc) is 2.95. The van der Waals surface area contributed by atoms with Crippen LogP contribution in [0.5, 0.6) is 0 Å². The summed E-state index contributed by atoms with van der Waals surface area (Å²) in [6, 6.07) is 1.75. The molecule has 0 saturated carbocycles. The zero-order valence-electron chi connectivity index (χ0n) is 16.6. The van der Waals surface area contributed by atoms with Gasteiger partial charge in [-0.05, 0) is 45.3 Å². The maximum atomic E-state index is 12.3. The summed E-state index contributed by atoms with van der Waals surface area (Å²) >= 11 is 2.24. The number of nitrogens with zero attached hydrogens (tertiary/aromatic N) is 2. The summed E-state index contributed by atoms with van der Waals surface area (Å²) in [7, 11) is -0.505. The monoisotopic (exact) mass is 482 g/mol. The van der Waals surface area contributed by atoms with Crippen LogP contribution >= 0.6 is 22.6 Å². The Hall–Kier alpha value is -1.33. The first kappa shape index (κ1) is 21.0. The minimum atomic E-state index is -1.91. The van der Waals surface area contributed by atoms with Gasteiger partial charge in [0.05, 0.1) is 33.5 Å². The minimum Gasteiger partial charge on any atom is -0.465 e. The van der Waals surface area contributed by atoms with Gasteiger partial charge in [0.25, 0.3) is 0 Å².